The molecular weight excluding hydrogens is 252 g/mol. The Hall–Kier alpha value is -2.30. The largest absolute Gasteiger partial charge is 0.365 e. The van der Waals surface area contributed by atoms with Crippen molar-refractivity contribution in [2.24, 2.45) is 0 Å². The molecule has 20 heavy (non-hydrogen) atoms. The third kappa shape index (κ3) is 1.78. The number of imidazole rings is 1. The molecule has 0 radical (unpaired) electrons. The van der Waals surface area contributed by atoms with E-state index in [1.54, 1.807) is 12.5 Å². The highest BCUT2D eigenvalue weighted by molar-refractivity contribution is 6.07. The van der Waals surface area contributed by atoms with Crippen LogP contribution in [0.2, 0.25) is 0 Å². The normalized spacial score (nSPS) is 18.0. The van der Waals surface area contributed by atoms with Crippen LogP contribution in [0, 0.1) is 0 Å². The average molecular weight is 268 g/mol. The maximum atomic E-state index is 12.6. The highest BCUT2D eigenvalue weighted by Crippen LogP contribution is 2.40. The molecule has 4 rings (SSSR count). The molecule has 1 aliphatic carbocycles. The molecule has 5 nitrogen and oxygen atoms in total. The molecule has 0 saturated heterocycles. The highest BCUT2D eigenvalue weighted by atomic mass is 16.2. The Morgan fingerprint density at radius 3 is 2.70 bits per heavy atom. The summed E-state index contributed by atoms with van der Waals surface area (Å²) in [4.78, 5) is 23.7. The van der Waals surface area contributed by atoms with E-state index in [2.05, 4.69) is 20.9 Å². The fraction of sp³-hybridized carbons (Fsp3) is 0.333. The van der Waals surface area contributed by atoms with Crippen LogP contribution in [0.15, 0.2) is 36.8 Å². The second kappa shape index (κ2) is 4.37. The van der Waals surface area contributed by atoms with Crippen molar-refractivity contribution in [2.45, 2.75) is 18.9 Å². The highest BCUT2D eigenvalue weighted by Gasteiger charge is 2.35. The zero-order valence-corrected chi connectivity index (χ0v) is 11.1. The van der Waals surface area contributed by atoms with E-state index in [1.165, 1.54) is 18.5 Å². The van der Waals surface area contributed by atoms with Crippen LogP contribution < -0.4 is 9.80 Å². The van der Waals surface area contributed by atoms with Crippen LogP contribution in [0.3, 0.4) is 0 Å². The lowest BCUT2D eigenvalue weighted by Gasteiger charge is -2.37. The summed E-state index contributed by atoms with van der Waals surface area (Å²) in [7, 11) is 0. The Morgan fingerprint density at radius 1 is 1.20 bits per heavy atom. The van der Waals surface area contributed by atoms with Gasteiger partial charge in [-0.25, -0.2) is 4.98 Å². The Labute approximate surface area is 117 Å². The number of para-hydroxylation sites is 2. The van der Waals surface area contributed by atoms with Gasteiger partial charge in [0.2, 0.25) is 0 Å². The van der Waals surface area contributed by atoms with Gasteiger partial charge in [-0.15, -0.1) is 0 Å². The number of carbonyl (C=O) groups is 1. The third-order valence-corrected chi connectivity index (χ3v) is 4.01. The molecule has 1 N–H and O–H groups in total. The predicted molar refractivity (Wildman–Crippen MR) is 77.1 cm³/mol. The van der Waals surface area contributed by atoms with Gasteiger partial charge in [-0.05, 0) is 25.0 Å². The first kappa shape index (κ1) is 11.5. The van der Waals surface area contributed by atoms with E-state index >= 15 is 0 Å². The number of nitrogens with one attached hydrogen (secondary N) is 1. The maximum absolute atomic E-state index is 12.6. The summed E-state index contributed by atoms with van der Waals surface area (Å²) in [6, 6.07) is 8.83. The first-order chi connectivity index (χ1) is 9.84. The number of amides is 1. The van der Waals surface area contributed by atoms with Crippen molar-refractivity contribution in [1.29, 1.82) is 0 Å². The van der Waals surface area contributed by atoms with Gasteiger partial charge in [0.1, 0.15) is 5.69 Å². The van der Waals surface area contributed by atoms with E-state index < -0.39 is 0 Å². The van der Waals surface area contributed by atoms with Gasteiger partial charge in [-0.2, -0.15) is 0 Å². The van der Waals surface area contributed by atoms with E-state index in [0.29, 0.717) is 11.7 Å². The number of fused-ring (bicyclic) bond motifs is 1. The molecule has 1 aromatic heterocycles. The zero-order chi connectivity index (χ0) is 13.5. The van der Waals surface area contributed by atoms with Crippen LogP contribution in [0.5, 0.6) is 0 Å². The molecule has 0 atom stereocenters. The van der Waals surface area contributed by atoms with Gasteiger partial charge in [-0.3, -0.25) is 4.79 Å². The SMILES string of the molecule is O=C(c1cnc[nH]1)N1CCN(C2CC2)c2ccccc21. The van der Waals surface area contributed by atoms with Crippen LogP contribution >= 0.6 is 0 Å². The number of H-pyrrole nitrogens is 1. The van der Waals surface area contributed by atoms with Crippen LogP contribution in [-0.4, -0.2) is 35.0 Å². The van der Waals surface area contributed by atoms with Crippen LogP contribution in [0.4, 0.5) is 11.4 Å². The molecular formula is C15H16N4O. The van der Waals surface area contributed by atoms with Crippen molar-refractivity contribution in [2.75, 3.05) is 22.9 Å². The summed E-state index contributed by atoms with van der Waals surface area (Å²) in [6.45, 7) is 1.63. The standard InChI is InChI=1S/C15H16N4O/c20-15(12-9-16-10-17-12)19-8-7-18(11-5-6-11)13-3-1-2-4-14(13)19/h1-4,9-11H,5-8H2,(H,16,17). The van der Waals surface area contributed by atoms with Crippen molar-refractivity contribution >= 4 is 17.3 Å². The predicted octanol–water partition coefficient (Wildman–Crippen LogP) is 2.04. The van der Waals surface area contributed by atoms with E-state index in [4.69, 9.17) is 0 Å². The monoisotopic (exact) mass is 268 g/mol. The Kier molecular flexibility index (Phi) is 2.52. The van der Waals surface area contributed by atoms with Crippen LogP contribution in [-0.2, 0) is 0 Å². The first-order valence-electron chi connectivity index (χ1n) is 7.00. The number of anilines is 2. The molecule has 2 aromatic rings. The summed E-state index contributed by atoms with van der Waals surface area (Å²) in [5.74, 6) is -0.00889. The third-order valence-electron chi connectivity index (χ3n) is 4.01. The number of aromatic amines is 1. The number of nitrogens with zero attached hydrogens (tertiary/aromatic N) is 3. The second-order valence-corrected chi connectivity index (χ2v) is 5.34. The van der Waals surface area contributed by atoms with Crippen molar-refractivity contribution in [3.8, 4) is 0 Å². The number of hydrogen-bond donors (Lipinski definition) is 1. The van der Waals surface area contributed by atoms with Crippen molar-refractivity contribution < 1.29 is 4.79 Å². The number of hydrogen-bond acceptors (Lipinski definition) is 3. The molecule has 0 bridgehead atoms. The molecule has 2 aliphatic rings. The van der Waals surface area contributed by atoms with E-state index in [9.17, 15) is 4.79 Å². The quantitative estimate of drug-likeness (QED) is 0.906. The summed E-state index contributed by atoms with van der Waals surface area (Å²) in [6.07, 6.45) is 5.66. The Bertz CT molecular complexity index is 633. The molecule has 1 aliphatic heterocycles. The van der Waals surface area contributed by atoms with Gasteiger partial charge in [0.25, 0.3) is 5.91 Å². The molecule has 5 heteroatoms. The minimum Gasteiger partial charge on any atom is -0.365 e. The number of aromatic nitrogens is 2. The maximum Gasteiger partial charge on any atom is 0.276 e. The van der Waals surface area contributed by atoms with Gasteiger partial charge in [-0.1, -0.05) is 12.1 Å². The van der Waals surface area contributed by atoms with Gasteiger partial charge in [0, 0.05) is 19.1 Å². The topological polar surface area (TPSA) is 52.2 Å². The zero-order valence-electron chi connectivity index (χ0n) is 11.1. The second-order valence-electron chi connectivity index (χ2n) is 5.34. The summed E-state index contributed by atoms with van der Waals surface area (Å²) < 4.78 is 0. The molecule has 0 unspecified atom stereocenters. The molecule has 2 heterocycles. The number of rotatable bonds is 2. The van der Waals surface area contributed by atoms with Crippen molar-refractivity contribution in [3.63, 3.8) is 0 Å². The van der Waals surface area contributed by atoms with Gasteiger partial charge >= 0.3 is 0 Å². The van der Waals surface area contributed by atoms with E-state index in [1.807, 2.05) is 23.1 Å². The van der Waals surface area contributed by atoms with Gasteiger partial charge in [0.05, 0.1) is 23.9 Å². The number of carbonyl (C=O) groups excluding carboxylic acids is 1. The van der Waals surface area contributed by atoms with E-state index in [-0.39, 0.29) is 5.91 Å². The molecule has 0 spiro atoms. The fourth-order valence-electron chi connectivity index (χ4n) is 2.88. The van der Waals surface area contributed by atoms with Crippen molar-refractivity contribution in [1.82, 2.24) is 9.97 Å². The Morgan fingerprint density at radius 2 is 2.00 bits per heavy atom. The fourth-order valence-corrected chi connectivity index (χ4v) is 2.88. The summed E-state index contributed by atoms with van der Waals surface area (Å²) in [5, 5.41) is 0. The number of benzene rings is 1. The lowest BCUT2D eigenvalue weighted by molar-refractivity contribution is 0.0982. The van der Waals surface area contributed by atoms with Gasteiger partial charge < -0.3 is 14.8 Å². The minimum atomic E-state index is -0.00889. The lowest BCUT2D eigenvalue weighted by atomic mass is 10.1. The Balaban J connectivity index is 1.72. The molecule has 102 valence electrons. The molecule has 1 amide bonds. The van der Waals surface area contributed by atoms with Gasteiger partial charge in [0.15, 0.2) is 0 Å². The van der Waals surface area contributed by atoms with E-state index in [0.717, 1.165) is 18.8 Å². The molecule has 1 fully saturated rings. The molecule has 1 saturated carbocycles. The summed E-state index contributed by atoms with van der Waals surface area (Å²) in [5.41, 5.74) is 2.72. The van der Waals surface area contributed by atoms with Crippen LogP contribution in [0.1, 0.15) is 23.3 Å². The lowest BCUT2D eigenvalue weighted by Crippen LogP contribution is -2.45. The van der Waals surface area contributed by atoms with Crippen LogP contribution in [0.25, 0.3) is 0 Å². The molecule has 1 aromatic carbocycles. The van der Waals surface area contributed by atoms with Crippen molar-refractivity contribution in [3.05, 3.63) is 42.5 Å². The first-order valence-corrected chi connectivity index (χ1v) is 7.00. The summed E-state index contributed by atoms with van der Waals surface area (Å²) >= 11 is 0. The smallest absolute Gasteiger partial charge is 0.276 e. The average Bonchev–Trinajstić information content (AvgIpc) is 3.19. The minimum absolute atomic E-state index is 0.00889.